The van der Waals surface area contributed by atoms with Gasteiger partial charge in [0.1, 0.15) is 5.82 Å². The van der Waals surface area contributed by atoms with Crippen LogP contribution in [0.25, 0.3) is 0 Å². The molecule has 0 fully saturated rings. The summed E-state index contributed by atoms with van der Waals surface area (Å²) in [5.74, 6) is -0.604. The molecule has 0 aliphatic heterocycles. The molecule has 2 rings (SSSR count). The van der Waals surface area contributed by atoms with Crippen LogP contribution >= 0.6 is 0 Å². The van der Waals surface area contributed by atoms with E-state index >= 15 is 0 Å². The zero-order valence-electron chi connectivity index (χ0n) is 13.0. The number of halogens is 1. The van der Waals surface area contributed by atoms with Crippen LogP contribution in [0.4, 0.5) is 10.1 Å². The molecule has 3 nitrogen and oxygen atoms in total. The zero-order chi connectivity index (χ0) is 15.9. The lowest BCUT2D eigenvalue weighted by Crippen LogP contribution is -2.22. The minimum Gasteiger partial charge on any atom is -0.322 e. The van der Waals surface area contributed by atoms with E-state index in [0.29, 0.717) is 11.3 Å². The molecule has 0 radical (unpaired) electrons. The van der Waals surface area contributed by atoms with E-state index in [-0.39, 0.29) is 11.7 Å². The first-order chi connectivity index (χ1) is 10.6. The third-order valence-corrected chi connectivity index (χ3v) is 3.60. The molecule has 2 aromatic rings. The molecular formula is C18H21FN2O. The van der Waals surface area contributed by atoms with Crippen molar-refractivity contribution < 1.29 is 9.18 Å². The Morgan fingerprint density at radius 3 is 2.36 bits per heavy atom. The van der Waals surface area contributed by atoms with Crippen LogP contribution in [-0.2, 0) is 6.54 Å². The largest absolute Gasteiger partial charge is 0.322 e. The number of nitrogens with one attached hydrogen (secondary N) is 1. The molecule has 0 saturated carbocycles. The molecule has 1 amide bonds. The van der Waals surface area contributed by atoms with E-state index in [2.05, 4.69) is 24.1 Å². The average molecular weight is 300 g/mol. The number of rotatable bonds is 6. The zero-order valence-corrected chi connectivity index (χ0v) is 13.0. The highest BCUT2D eigenvalue weighted by Gasteiger charge is 2.07. The second-order valence-corrected chi connectivity index (χ2v) is 5.12. The molecule has 0 atom stereocenters. The Balaban J connectivity index is 2.02. The summed E-state index contributed by atoms with van der Waals surface area (Å²) in [4.78, 5) is 14.4. The summed E-state index contributed by atoms with van der Waals surface area (Å²) in [6, 6.07) is 13.4. The fourth-order valence-corrected chi connectivity index (χ4v) is 2.24. The van der Waals surface area contributed by atoms with Crippen LogP contribution in [0.2, 0.25) is 0 Å². The Hall–Kier alpha value is -2.20. The summed E-state index contributed by atoms with van der Waals surface area (Å²) in [6.45, 7) is 7.13. The van der Waals surface area contributed by atoms with E-state index in [1.807, 2.05) is 12.1 Å². The van der Waals surface area contributed by atoms with Crippen molar-refractivity contribution in [2.24, 2.45) is 0 Å². The van der Waals surface area contributed by atoms with Crippen molar-refractivity contribution in [3.05, 3.63) is 65.5 Å². The minimum absolute atomic E-state index is 0.236. The number of amides is 1. The topological polar surface area (TPSA) is 32.3 Å². The monoisotopic (exact) mass is 300 g/mol. The summed E-state index contributed by atoms with van der Waals surface area (Å²) in [5, 5.41) is 2.69. The van der Waals surface area contributed by atoms with E-state index in [1.54, 1.807) is 24.3 Å². The maximum Gasteiger partial charge on any atom is 0.255 e. The van der Waals surface area contributed by atoms with Gasteiger partial charge in [-0.05, 0) is 49.0 Å². The fraction of sp³-hybridized carbons (Fsp3) is 0.278. The molecular weight excluding hydrogens is 279 g/mol. The Labute approximate surface area is 130 Å². The number of carbonyl (C=O) groups excluding carboxylic acids is 1. The molecule has 0 aromatic heterocycles. The van der Waals surface area contributed by atoms with Gasteiger partial charge in [0.15, 0.2) is 0 Å². The second kappa shape index (κ2) is 7.71. The Morgan fingerprint density at radius 1 is 1.09 bits per heavy atom. The van der Waals surface area contributed by atoms with Gasteiger partial charge in [0, 0.05) is 17.8 Å². The summed E-state index contributed by atoms with van der Waals surface area (Å²) in [7, 11) is 0. The first kappa shape index (κ1) is 16.2. The molecule has 4 heteroatoms. The summed E-state index contributed by atoms with van der Waals surface area (Å²) in [5.41, 5.74) is 2.19. The van der Waals surface area contributed by atoms with E-state index in [1.165, 1.54) is 17.7 Å². The van der Waals surface area contributed by atoms with Crippen molar-refractivity contribution in [1.29, 1.82) is 0 Å². The van der Waals surface area contributed by atoms with E-state index < -0.39 is 0 Å². The molecule has 0 spiro atoms. The number of nitrogens with zero attached hydrogens (tertiary/aromatic N) is 1. The van der Waals surface area contributed by atoms with Crippen LogP contribution in [0.5, 0.6) is 0 Å². The maximum atomic E-state index is 13.1. The molecule has 0 aliphatic carbocycles. The van der Waals surface area contributed by atoms with Gasteiger partial charge in [0.2, 0.25) is 0 Å². The van der Waals surface area contributed by atoms with Gasteiger partial charge in [-0.1, -0.05) is 32.0 Å². The van der Waals surface area contributed by atoms with Crippen molar-refractivity contribution >= 4 is 11.6 Å². The predicted octanol–water partition coefficient (Wildman–Crippen LogP) is 3.92. The van der Waals surface area contributed by atoms with Crippen molar-refractivity contribution in [3.8, 4) is 0 Å². The van der Waals surface area contributed by atoms with E-state index in [0.717, 1.165) is 19.6 Å². The molecule has 0 saturated heterocycles. The SMILES string of the molecule is CCN(CC)Cc1ccc(C(=O)Nc2cccc(F)c2)cc1. The molecule has 1 N–H and O–H groups in total. The molecule has 0 aliphatic rings. The van der Waals surface area contributed by atoms with Crippen LogP contribution < -0.4 is 5.32 Å². The fourth-order valence-electron chi connectivity index (χ4n) is 2.24. The van der Waals surface area contributed by atoms with Gasteiger partial charge in [-0.15, -0.1) is 0 Å². The van der Waals surface area contributed by atoms with Crippen LogP contribution in [0.3, 0.4) is 0 Å². The lowest BCUT2D eigenvalue weighted by atomic mass is 10.1. The highest BCUT2D eigenvalue weighted by Crippen LogP contribution is 2.12. The van der Waals surface area contributed by atoms with Gasteiger partial charge in [-0.3, -0.25) is 9.69 Å². The normalized spacial score (nSPS) is 10.7. The maximum absolute atomic E-state index is 13.1. The van der Waals surface area contributed by atoms with Crippen molar-refractivity contribution in [1.82, 2.24) is 4.90 Å². The quantitative estimate of drug-likeness (QED) is 0.877. The highest BCUT2D eigenvalue weighted by atomic mass is 19.1. The van der Waals surface area contributed by atoms with Gasteiger partial charge >= 0.3 is 0 Å². The Kier molecular flexibility index (Phi) is 5.67. The molecule has 0 bridgehead atoms. The van der Waals surface area contributed by atoms with Gasteiger partial charge in [0.05, 0.1) is 0 Å². The number of hydrogen-bond donors (Lipinski definition) is 1. The Bertz CT molecular complexity index is 621. The van der Waals surface area contributed by atoms with Gasteiger partial charge in [-0.2, -0.15) is 0 Å². The summed E-state index contributed by atoms with van der Waals surface area (Å²) in [6.07, 6.45) is 0. The number of hydrogen-bond acceptors (Lipinski definition) is 2. The summed E-state index contributed by atoms with van der Waals surface area (Å²) >= 11 is 0. The van der Waals surface area contributed by atoms with E-state index in [4.69, 9.17) is 0 Å². The first-order valence-electron chi connectivity index (χ1n) is 7.50. The second-order valence-electron chi connectivity index (χ2n) is 5.12. The highest BCUT2D eigenvalue weighted by molar-refractivity contribution is 6.04. The molecule has 2 aromatic carbocycles. The van der Waals surface area contributed by atoms with Crippen molar-refractivity contribution in [2.45, 2.75) is 20.4 Å². The number of benzene rings is 2. The van der Waals surface area contributed by atoms with Gasteiger partial charge < -0.3 is 5.32 Å². The minimum atomic E-state index is -0.368. The lowest BCUT2D eigenvalue weighted by molar-refractivity contribution is 0.102. The Morgan fingerprint density at radius 2 is 1.77 bits per heavy atom. The van der Waals surface area contributed by atoms with Crippen LogP contribution in [0.15, 0.2) is 48.5 Å². The number of carbonyl (C=O) groups is 1. The molecule has 0 unspecified atom stereocenters. The smallest absolute Gasteiger partial charge is 0.255 e. The molecule has 0 heterocycles. The number of anilines is 1. The van der Waals surface area contributed by atoms with Crippen LogP contribution in [0.1, 0.15) is 29.8 Å². The molecule has 22 heavy (non-hydrogen) atoms. The lowest BCUT2D eigenvalue weighted by Gasteiger charge is -2.18. The van der Waals surface area contributed by atoms with Gasteiger partial charge in [0.25, 0.3) is 5.91 Å². The third kappa shape index (κ3) is 4.40. The standard InChI is InChI=1S/C18H21FN2O/c1-3-21(4-2)13-14-8-10-15(11-9-14)18(22)20-17-7-5-6-16(19)12-17/h5-12H,3-4,13H2,1-2H3,(H,20,22). The third-order valence-electron chi connectivity index (χ3n) is 3.60. The van der Waals surface area contributed by atoms with Crippen molar-refractivity contribution in [2.75, 3.05) is 18.4 Å². The van der Waals surface area contributed by atoms with Crippen LogP contribution in [-0.4, -0.2) is 23.9 Å². The molecule has 116 valence electrons. The summed E-state index contributed by atoms with van der Waals surface area (Å²) < 4.78 is 13.1. The van der Waals surface area contributed by atoms with E-state index in [9.17, 15) is 9.18 Å². The first-order valence-corrected chi connectivity index (χ1v) is 7.50. The predicted molar refractivity (Wildman–Crippen MR) is 87.4 cm³/mol. The van der Waals surface area contributed by atoms with Crippen LogP contribution in [0, 0.1) is 5.82 Å². The van der Waals surface area contributed by atoms with Crippen molar-refractivity contribution in [3.63, 3.8) is 0 Å². The average Bonchev–Trinajstić information content (AvgIpc) is 2.53. The van der Waals surface area contributed by atoms with Gasteiger partial charge in [-0.25, -0.2) is 4.39 Å².